The van der Waals surface area contributed by atoms with E-state index in [1.807, 2.05) is 7.05 Å². The molecule has 0 bridgehead atoms. The van der Waals surface area contributed by atoms with E-state index in [0.717, 1.165) is 31.4 Å². The second kappa shape index (κ2) is 5.28. The molecule has 0 saturated heterocycles. The van der Waals surface area contributed by atoms with Crippen LogP contribution in [0.2, 0.25) is 5.02 Å². The van der Waals surface area contributed by atoms with E-state index in [2.05, 4.69) is 12.2 Å². The lowest BCUT2D eigenvalue weighted by Crippen LogP contribution is -2.14. The molecular weight excluding hydrogens is 234 g/mol. The zero-order valence-corrected chi connectivity index (χ0v) is 11.3. The number of aromatic hydroxyl groups is 1. The molecule has 2 nitrogen and oxygen atoms in total. The third-order valence-electron chi connectivity index (χ3n) is 3.76. The molecule has 0 spiro atoms. The third-order valence-corrected chi connectivity index (χ3v) is 4.16. The Bertz CT molecular complexity index is 429. The van der Waals surface area contributed by atoms with E-state index in [9.17, 15) is 5.11 Å². The average molecular weight is 254 g/mol. The molecule has 0 amide bonds. The summed E-state index contributed by atoms with van der Waals surface area (Å²) in [5, 5.41) is 13.9. The minimum atomic E-state index is 0.306. The first-order valence-electron chi connectivity index (χ1n) is 6.33. The van der Waals surface area contributed by atoms with Gasteiger partial charge in [0.05, 0.1) is 5.02 Å². The number of likely N-dealkylation sites (N-methyl/N-ethyl adjacent to an activating group) is 1. The highest BCUT2D eigenvalue weighted by Crippen LogP contribution is 2.40. The Kier molecular flexibility index (Phi) is 3.95. The topological polar surface area (TPSA) is 32.3 Å². The highest BCUT2D eigenvalue weighted by Gasteiger charge is 2.21. The fourth-order valence-electron chi connectivity index (χ4n) is 2.75. The zero-order valence-electron chi connectivity index (χ0n) is 10.6. The van der Waals surface area contributed by atoms with E-state index < -0.39 is 0 Å². The van der Waals surface area contributed by atoms with Crippen LogP contribution < -0.4 is 5.32 Å². The van der Waals surface area contributed by atoms with Crippen LogP contribution in [0, 0.1) is 6.92 Å². The van der Waals surface area contributed by atoms with Gasteiger partial charge in [-0.2, -0.15) is 0 Å². The molecule has 0 radical (unpaired) electrons. The Hall–Kier alpha value is -0.730. The largest absolute Gasteiger partial charge is 0.506 e. The van der Waals surface area contributed by atoms with Gasteiger partial charge in [-0.25, -0.2) is 0 Å². The summed E-state index contributed by atoms with van der Waals surface area (Å²) < 4.78 is 0. The van der Waals surface area contributed by atoms with Crippen LogP contribution in [0.15, 0.2) is 0 Å². The molecule has 2 rings (SSSR count). The SMILES string of the molecule is CNCCc1c(C)c2c(c(Cl)c1O)CCCC2. The summed E-state index contributed by atoms with van der Waals surface area (Å²) in [7, 11) is 1.92. The van der Waals surface area contributed by atoms with E-state index >= 15 is 0 Å². The van der Waals surface area contributed by atoms with Gasteiger partial charge < -0.3 is 10.4 Å². The summed E-state index contributed by atoms with van der Waals surface area (Å²) in [6, 6.07) is 0. The Morgan fingerprint density at radius 3 is 2.53 bits per heavy atom. The third kappa shape index (κ3) is 2.29. The highest BCUT2D eigenvalue weighted by molar-refractivity contribution is 6.33. The lowest BCUT2D eigenvalue weighted by Gasteiger charge is -2.23. The second-order valence-electron chi connectivity index (χ2n) is 4.78. The van der Waals surface area contributed by atoms with E-state index in [1.54, 1.807) is 0 Å². The summed E-state index contributed by atoms with van der Waals surface area (Å²) in [4.78, 5) is 0. The van der Waals surface area contributed by atoms with Gasteiger partial charge in [0.1, 0.15) is 5.75 Å². The predicted octanol–water partition coefficient (Wildman–Crippen LogP) is 2.99. The van der Waals surface area contributed by atoms with Crippen molar-refractivity contribution in [2.45, 2.75) is 39.0 Å². The first-order valence-corrected chi connectivity index (χ1v) is 6.70. The molecule has 1 aromatic rings. The number of rotatable bonds is 3. The Labute approximate surface area is 108 Å². The molecule has 3 heteroatoms. The summed E-state index contributed by atoms with van der Waals surface area (Å²) in [5.74, 6) is 0.306. The molecule has 0 unspecified atom stereocenters. The van der Waals surface area contributed by atoms with Crippen molar-refractivity contribution in [3.8, 4) is 5.75 Å². The molecule has 0 saturated carbocycles. The van der Waals surface area contributed by atoms with Crippen LogP contribution in [0.4, 0.5) is 0 Å². The van der Waals surface area contributed by atoms with Crippen LogP contribution in [0.5, 0.6) is 5.75 Å². The van der Waals surface area contributed by atoms with Crippen molar-refractivity contribution in [1.29, 1.82) is 0 Å². The number of phenolic OH excluding ortho intramolecular Hbond substituents is 1. The van der Waals surface area contributed by atoms with E-state index in [-0.39, 0.29) is 0 Å². The lowest BCUT2D eigenvalue weighted by molar-refractivity contribution is 0.464. The fourth-order valence-corrected chi connectivity index (χ4v) is 3.08. The molecular formula is C14H20ClNO. The predicted molar refractivity (Wildman–Crippen MR) is 72.1 cm³/mol. The van der Waals surface area contributed by atoms with E-state index in [0.29, 0.717) is 10.8 Å². The molecule has 0 aliphatic heterocycles. The molecule has 1 aliphatic rings. The van der Waals surface area contributed by atoms with Crippen molar-refractivity contribution in [2.24, 2.45) is 0 Å². The molecule has 0 fully saturated rings. The van der Waals surface area contributed by atoms with Crippen molar-refractivity contribution in [3.05, 3.63) is 27.3 Å². The van der Waals surface area contributed by atoms with Gasteiger partial charge in [0.15, 0.2) is 0 Å². The maximum Gasteiger partial charge on any atom is 0.137 e. The van der Waals surface area contributed by atoms with E-state index in [1.165, 1.54) is 29.5 Å². The van der Waals surface area contributed by atoms with Gasteiger partial charge in [-0.3, -0.25) is 0 Å². The number of fused-ring (bicyclic) bond motifs is 1. The lowest BCUT2D eigenvalue weighted by atomic mass is 9.85. The number of halogens is 1. The monoisotopic (exact) mass is 253 g/mol. The van der Waals surface area contributed by atoms with Crippen LogP contribution in [-0.4, -0.2) is 18.7 Å². The van der Waals surface area contributed by atoms with Gasteiger partial charge >= 0.3 is 0 Å². The molecule has 0 aromatic heterocycles. The highest BCUT2D eigenvalue weighted by atomic mass is 35.5. The Morgan fingerprint density at radius 1 is 1.24 bits per heavy atom. The van der Waals surface area contributed by atoms with Crippen molar-refractivity contribution in [3.63, 3.8) is 0 Å². The van der Waals surface area contributed by atoms with Gasteiger partial charge in [0, 0.05) is 0 Å². The van der Waals surface area contributed by atoms with E-state index in [4.69, 9.17) is 11.6 Å². The first kappa shape index (κ1) is 12.7. The van der Waals surface area contributed by atoms with Crippen LogP contribution >= 0.6 is 11.6 Å². The standard InChI is InChI=1S/C14H20ClNO/c1-9-10-5-3-4-6-12(10)13(15)14(17)11(9)7-8-16-2/h16-17H,3-8H2,1-2H3. The van der Waals surface area contributed by atoms with Crippen LogP contribution in [0.25, 0.3) is 0 Å². The van der Waals surface area contributed by atoms with Gasteiger partial charge in [0.25, 0.3) is 0 Å². The molecule has 1 aromatic carbocycles. The Balaban J connectivity index is 2.49. The number of benzene rings is 1. The van der Waals surface area contributed by atoms with Crippen molar-refractivity contribution < 1.29 is 5.11 Å². The minimum absolute atomic E-state index is 0.306. The zero-order chi connectivity index (χ0) is 12.4. The summed E-state index contributed by atoms with van der Waals surface area (Å²) in [6.07, 6.45) is 5.37. The number of hydrogen-bond acceptors (Lipinski definition) is 2. The van der Waals surface area contributed by atoms with Gasteiger partial charge in [-0.05, 0) is 74.9 Å². The molecule has 0 heterocycles. The molecule has 17 heavy (non-hydrogen) atoms. The second-order valence-corrected chi connectivity index (χ2v) is 5.16. The van der Waals surface area contributed by atoms with Crippen molar-refractivity contribution in [1.82, 2.24) is 5.32 Å². The van der Waals surface area contributed by atoms with Crippen LogP contribution in [0.1, 0.15) is 35.1 Å². The summed E-state index contributed by atoms with van der Waals surface area (Å²) >= 11 is 6.30. The maximum atomic E-state index is 10.2. The molecule has 2 N–H and O–H groups in total. The molecule has 0 atom stereocenters. The summed E-state index contributed by atoms with van der Waals surface area (Å²) in [5.41, 5.74) is 4.83. The normalized spacial score (nSPS) is 14.8. The quantitative estimate of drug-likeness (QED) is 0.868. The number of phenols is 1. The van der Waals surface area contributed by atoms with Crippen molar-refractivity contribution >= 4 is 11.6 Å². The molecule has 1 aliphatic carbocycles. The molecule has 94 valence electrons. The minimum Gasteiger partial charge on any atom is -0.506 e. The van der Waals surface area contributed by atoms with Crippen molar-refractivity contribution in [2.75, 3.05) is 13.6 Å². The maximum absolute atomic E-state index is 10.2. The number of hydrogen-bond donors (Lipinski definition) is 2. The fraction of sp³-hybridized carbons (Fsp3) is 0.571. The average Bonchev–Trinajstić information content (AvgIpc) is 2.36. The number of nitrogens with one attached hydrogen (secondary N) is 1. The Morgan fingerprint density at radius 2 is 1.88 bits per heavy atom. The van der Waals surface area contributed by atoms with Gasteiger partial charge in [-0.15, -0.1) is 0 Å². The van der Waals surface area contributed by atoms with Crippen LogP contribution in [-0.2, 0) is 19.3 Å². The first-order chi connectivity index (χ1) is 8.16. The summed E-state index contributed by atoms with van der Waals surface area (Å²) in [6.45, 7) is 2.98. The van der Waals surface area contributed by atoms with Gasteiger partial charge in [0.2, 0.25) is 0 Å². The van der Waals surface area contributed by atoms with Crippen LogP contribution in [0.3, 0.4) is 0 Å². The smallest absolute Gasteiger partial charge is 0.137 e. The van der Waals surface area contributed by atoms with Gasteiger partial charge in [-0.1, -0.05) is 11.6 Å².